The van der Waals surface area contributed by atoms with Crippen molar-refractivity contribution >= 4 is 11.0 Å². The first-order valence-electron chi connectivity index (χ1n) is 13.0. The number of ether oxygens (including phenoxy) is 4. The van der Waals surface area contributed by atoms with Crippen molar-refractivity contribution in [3.05, 3.63) is 40.6 Å². The minimum absolute atomic E-state index is 0.0313. The lowest BCUT2D eigenvalue weighted by Crippen LogP contribution is -2.64. The third-order valence-corrected chi connectivity index (χ3v) is 7.31. The molecule has 0 amide bonds. The summed E-state index contributed by atoms with van der Waals surface area (Å²) in [7, 11) is 0. The Hall–Kier alpha value is -3.71. The van der Waals surface area contributed by atoms with Crippen LogP contribution in [0.5, 0.6) is 28.7 Å². The number of aliphatic hydroxyl groups excluding tert-OH is 6. The number of aliphatic hydroxyl groups is 6. The van der Waals surface area contributed by atoms with Crippen molar-refractivity contribution in [3.8, 4) is 40.1 Å². The molecule has 0 radical (unpaired) electrons. The molecular formula is C27H30O16. The van der Waals surface area contributed by atoms with Crippen molar-refractivity contribution in [1.82, 2.24) is 0 Å². The first-order chi connectivity index (χ1) is 20.3. The fourth-order valence-electron chi connectivity index (χ4n) is 4.94. The Morgan fingerprint density at radius 3 is 2.16 bits per heavy atom. The monoisotopic (exact) mass is 610 g/mol. The van der Waals surface area contributed by atoms with Crippen LogP contribution in [0.1, 0.15) is 6.92 Å². The molecule has 16 heteroatoms. The maximum atomic E-state index is 13.6. The summed E-state index contributed by atoms with van der Waals surface area (Å²) in [4.78, 5) is 13.6. The van der Waals surface area contributed by atoms with Gasteiger partial charge >= 0.3 is 0 Å². The summed E-state index contributed by atoms with van der Waals surface area (Å²) in [6, 6.07) is 5.24. The van der Waals surface area contributed by atoms with Gasteiger partial charge in [-0.05, 0) is 25.1 Å². The van der Waals surface area contributed by atoms with Gasteiger partial charge in [0.05, 0.1) is 12.7 Å². The van der Waals surface area contributed by atoms with Crippen LogP contribution in [-0.2, 0) is 14.2 Å². The zero-order chi connectivity index (χ0) is 31.3. The van der Waals surface area contributed by atoms with Crippen LogP contribution in [0.3, 0.4) is 0 Å². The Kier molecular flexibility index (Phi) is 8.41. The molecular weight excluding hydrogens is 580 g/mol. The molecule has 3 heterocycles. The summed E-state index contributed by atoms with van der Waals surface area (Å²) in [5.41, 5.74) is -1.35. The van der Waals surface area contributed by atoms with Gasteiger partial charge in [-0.25, -0.2) is 0 Å². The summed E-state index contributed by atoms with van der Waals surface area (Å²) < 4.78 is 28.0. The predicted octanol–water partition coefficient (Wildman–Crippen LogP) is -1.69. The molecule has 0 aliphatic carbocycles. The largest absolute Gasteiger partial charge is 0.508 e. The number of phenolic OH excluding ortho intramolecular Hbond substituents is 4. The smallest absolute Gasteiger partial charge is 0.239 e. The van der Waals surface area contributed by atoms with Gasteiger partial charge in [-0.3, -0.25) is 4.79 Å². The summed E-state index contributed by atoms with van der Waals surface area (Å²) >= 11 is 0. The van der Waals surface area contributed by atoms with Gasteiger partial charge in [0.15, 0.2) is 23.5 Å². The summed E-state index contributed by atoms with van der Waals surface area (Å²) in [5.74, 6) is -3.33. The average molecular weight is 611 g/mol. The van der Waals surface area contributed by atoms with Crippen LogP contribution in [0.2, 0.25) is 0 Å². The third-order valence-electron chi connectivity index (χ3n) is 7.31. The fourth-order valence-corrected chi connectivity index (χ4v) is 4.94. The summed E-state index contributed by atoms with van der Waals surface area (Å²) in [6.45, 7) is 0.550. The van der Waals surface area contributed by atoms with E-state index in [0.29, 0.717) is 0 Å². The van der Waals surface area contributed by atoms with E-state index in [2.05, 4.69) is 0 Å². The van der Waals surface area contributed by atoms with E-state index in [9.17, 15) is 55.9 Å². The standard InChI is InChI=1S/C27H30O16/c1-8-17(33)19(35)21(37)26(39-8)42-24-15(7-28)41-27(22(38)20(24)36)43-25-18(34)16-13(32)5-10(29)6-14(16)40-23(25)9-2-3-11(30)12(31)4-9/h2-6,8,15,17,19-22,24,26-33,35-38H,7H2,1H3/t8-,15-,17-,19+,20-,21+,22-,24-,26+,27+/m1/s1. The Bertz CT molecular complexity index is 1540. The molecule has 234 valence electrons. The second-order valence-corrected chi connectivity index (χ2v) is 10.2. The first-order valence-corrected chi connectivity index (χ1v) is 13.0. The number of aromatic hydroxyl groups is 4. The molecule has 43 heavy (non-hydrogen) atoms. The molecule has 2 saturated heterocycles. The fraction of sp³-hybridized carbons (Fsp3) is 0.444. The molecule has 10 atom stereocenters. The number of fused-ring (bicyclic) bond motifs is 1. The van der Waals surface area contributed by atoms with E-state index in [1.807, 2.05) is 0 Å². The van der Waals surface area contributed by atoms with Gasteiger partial charge in [0.25, 0.3) is 0 Å². The Morgan fingerprint density at radius 2 is 1.49 bits per heavy atom. The lowest BCUT2D eigenvalue weighted by Gasteiger charge is -2.45. The van der Waals surface area contributed by atoms with Gasteiger partial charge in [-0.1, -0.05) is 0 Å². The van der Waals surface area contributed by atoms with Crippen molar-refractivity contribution < 1.29 is 74.4 Å². The quantitative estimate of drug-likeness (QED) is 0.140. The minimum atomic E-state index is -1.99. The zero-order valence-corrected chi connectivity index (χ0v) is 22.3. The number of benzene rings is 2. The van der Waals surface area contributed by atoms with E-state index < -0.39 is 113 Å². The van der Waals surface area contributed by atoms with Crippen LogP contribution in [0.25, 0.3) is 22.3 Å². The molecule has 2 aliphatic heterocycles. The summed E-state index contributed by atoms with van der Waals surface area (Å²) in [6.07, 6.45) is -16.4. The van der Waals surface area contributed by atoms with E-state index in [1.165, 1.54) is 13.0 Å². The third kappa shape index (κ3) is 5.55. The van der Waals surface area contributed by atoms with Crippen LogP contribution in [0.15, 0.2) is 39.5 Å². The van der Waals surface area contributed by atoms with Crippen LogP contribution < -0.4 is 10.2 Å². The minimum Gasteiger partial charge on any atom is -0.508 e. The second-order valence-electron chi connectivity index (χ2n) is 10.2. The van der Waals surface area contributed by atoms with Crippen molar-refractivity contribution in [2.45, 2.75) is 68.3 Å². The van der Waals surface area contributed by atoms with E-state index in [0.717, 1.165) is 24.3 Å². The van der Waals surface area contributed by atoms with Crippen molar-refractivity contribution in [2.75, 3.05) is 6.61 Å². The second kappa shape index (κ2) is 11.8. The number of hydrogen-bond acceptors (Lipinski definition) is 16. The van der Waals surface area contributed by atoms with E-state index in [4.69, 9.17) is 23.4 Å². The van der Waals surface area contributed by atoms with Crippen LogP contribution in [0.4, 0.5) is 0 Å². The molecule has 0 saturated carbocycles. The molecule has 2 aliphatic rings. The topological polar surface area (TPSA) is 269 Å². The zero-order valence-electron chi connectivity index (χ0n) is 22.3. The molecule has 1 aromatic heterocycles. The van der Waals surface area contributed by atoms with E-state index >= 15 is 0 Å². The van der Waals surface area contributed by atoms with Crippen LogP contribution in [-0.4, -0.2) is 119 Å². The lowest BCUT2D eigenvalue weighted by molar-refractivity contribution is -0.349. The van der Waals surface area contributed by atoms with Gasteiger partial charge in [-0.2, -0.15) is 0 Å². The molecule has 0 spiro atoms. The molecule has 2 fully saturated rings. The van der Waals surface area contributed by atoms with Gasteiger partial charge in [-0.15, -0.1) is 0 Å². The highest BCUT2D eigenvalue weighted by Crippen LogP contribution is 2.39. The average Bonchev–Trinajstić information content (AvgIpc) is 2.96. The number of phenols is 4. The molecule has 2 aromatic carbocycles. The van der Waals surface area contributed by atoms with Crippen LogP contribution in [0, 0.1) is 0 Å². The lowest BCUT2D eigenvalue weighted by atomic mass is 9.97. The highest BCUT2D eigenvalue weighted by Gasteiger charge is 2.51. The molecule has 0 bridgehead atoms. The van der Waals surface area contributed by atoms with Crippen molar-refractivity contribution in [3.63, 3.8) is 0 Å². The van der Waals surface area contributed by atoms with Gasteiger partial charge < -0.3 is 74.4 Å². The van der Waals surface area contributed by atoms with Crippen molar-refractivity contribution in [1.29, 1.82) is 0 Å². The highest BCUT2D eigenvalue weighted by atomic mass is 16.7. The SMILES string of the molecule is C[C@H]1O[C@@H](O[C@H]2[C@H](O)[C@@H](O)[C@H](Oc3c(-c4ccc(O)c(O)c4)oc4cc(O)cc(O)c4c3=O)O[C@@H]2CO)[C@@H](O)[C@@H](O)[C@@H]1O. The maximum absolute atomic E-state index is 13.6. The Balaban J connectivity index is 1.50. The normalized spacial score (nSPS) is 33.0. The van der Waals surface area contributed by atoms with Crippen molar-refractivity contribution in [2.24, 2.45) is 0 Å². The molecule has 10 N–H and O–H groups in total. The number of hydrogen-bond donors (Lipinski definition) is 10. The van der Waals surface area contributed by atoms with Gasteiger partial charge in [0.2, 0.25) is 17.5 Å². The highest BCUT2D eigenvalue weighted by molar-refractivity contribution is 5.88. The van der Waals surface area contributed by atoms with Gasteiger partial charge in [0.1, 0.15) is 65.2 Å². The first kappa shape index (κ1) is 30.7. The predicted molar refractivity (Wildman–Crippen MR) is 140 cm³/mol. The molecule has 3 aromatic rings. The Morgan fingerprint density at radius 1 is 0.791 bits per heavy atom. The Labute approximate surface area is 241 Å². The molecule has 16 nitrogen and oxygen atoms in total. The molecule has 5 rings (SSSR count). The summed E-state index contributed by atoms with van der Waals surface area (Å²) in [5, 5.41) is 102. The van der Waals surface area contributed by atoms with E-state index in [1.54, 1.807) is 0 Å². The van der Waals surface area contributed by atoms with E-state index in [-0.39, 0.29) is 11.1 Å². The van der Waals surface area contributed by atoms with Crippen LogP contribution >= 0.6 is 0 Å². The number of rotatable bonds is 6. The maximum Gasteiger partial charge on any atom is 0.239 e. The molecule has 0 unspecified atom stereocenters. The van der Waals surface area contributed by atoms with Gasteiger partial charge in [0, 0.05) is 17.7 Å².